The first kappa shape index (κ1) is 13.7. The minimum absolute atomic E-state index is 0.212. The lowest BCUT2D eigenvalue weighted by Gasteiger charge is -2.12. The molecule has 0 spiro atoms. The lowest BCUT2D eigenvalue weighted by atomic mass is 10.1. The number of benzene rings is 2. The third-order valence-corrected chi connectivity index (χ3v) is 4.24. The third kappa shape index (κ3) is 3.41. The van der Waals surface area contributed by atoms with Crippen LogP contribution in [0.4, 0.5) is 0 Å². The molecule has 0 unspecified atom stereocenters. The van der Waals surface area contributed by atoms with Crippen LogP contribution in [0.2, 0.25) is 0 Å². The maximum Gasteiger partial charge on any atom is 0.124 e. The molecule has 1 aliphatic heterocycles. The summed E-state index contributed by atoms with van der Waals surface area (Å²) in [5, 5.41) is 0. The fourth-order valence-electron chi connectivity index (χ4n) is 2.35. The molecule has 1 atom stereocenters. The topological polar surface area (TPSA) is 18.5 Å². The molecule has 104 valence electrons. The Hall–Kier alpha value is -1.32. The second-order valence-corrected chi connectivity index (χ2v) is 5.87. The van der Waals surface area contributed by atoms with E-state index < -0.39 is 0 Å². The highest BCUT2D eigenvalue weighted by Crippen LogP contribution is 2.22. The van der Waals surface area contributed by atoms with Gasteiger partial charge in [0.15, 0.2) is 0 Å². The first-order chi connectivity index (χ1) is 9.81. The van der Waals surface area contributed by atoms with Crippen molar-refractivity contribution in [3.8, 4) is 5.75 Å². The van der Waals surface area contributed by atoms with E-state index in [1.54, 1.807) is 0 Å². The molecule has 0 N–H and O–H groups in total. The van der Waals surface area contributed by atoms with Gasteiger partial charge in [0.05, 0.1) is 13.2 Å². The summed E-state index contributed by atoms with van der Waals surface area (Å²) in [7, 11) is 0. The summed E-state index contributed by atoms with van der Waals surface area (Å²) in [5.41, 5.74) is 2.58. The zero-order valence-corrected chi connectivity index (χ0v) is 12.8. The van der Waals surface area contributed by atoms with Gasteiger partial charge in [-0.1, -0.05) is 46.3 Å². The lowest BCUT2D eigenvalue weighted by molar-refractivity contribution is 0.141. The van der Waals surface area contributed by atoms with E-state index in [4.69, 9.17) is 9.47 Å². The Morgan fingerprint density at radius 1 is 1.10 bits per heavy atom. The number of hydrogen-bond acceptors (Lipinski definition) is 2. The van der Waals surface area contributed by atoms with E-state index in [0.29, 0.717) is 6.61 Å². The van der Waals surface area contributed by atoms with Gasteiger partial charge in [-0.25, -0.2) is 0 Å². The lowest BCUT2D eigenvalue weighted by Crippen LogP contribution is -2.15. The summed E-state index contributed by atoms with van der Waals surface area (Å²) in [5.74, 6) is 0.927. The van der Waals surface area contributed by atoms with Gasteiger partial charge in [-0.15, -0.1) is 0 Å². The maximum absolute atomic E-state index is 5.87. The Kier molecular flexibility index (Phi) is 4.38. The normalized spacial score (nSPS) is 18.1. The Labute approximate surface area is 127 Å². The summed E-state index contributed by atoms with van der Waals surface area (Å²) in [6.45, 7) is 1.52. The van der Waals surface area contributed by atoms with Crippen LogP contribution in [-0.4, -0.2) is 19.3 Å². The van der Waals surface area contributed by atoms with Gasteiger partial charge in [0.25, 0.3) is 0 Å². The van der Waals surface area contributed by atoms with E-state index in [9.17, 15) is 0 Å². The van der Waals surface area contributed by atoms with Gasteiger partial charge in [0, 0.05) is 10.9 Å². The van der Waals surface area contributed by atoms with Crippen molar-refractivity contribution in [2.45, 2.75) is 18.9 Å². The van der Waals surface area contributed by atoms with E-state index in [1.165, 1.54) is 11.1 Å². The summed E-state index contributed by atoms with van der Waals surface area (Å²) < 4.78 is 12.3. The van der Waals surface area contributed by atoms with Gasteiger partial charge < -0.3 is 9.47 Å². The minimum atomic E-state index is 0.212. The molecule has 0 radical (unpaired) electrons. The van der Waals surface area contributed by atoms with Crippen molar-refractivity contribution in [2.75, 3.05) is 13.2 Å². The van der Waals surface area contributed by atoms with Gasteiger partial charge >= 0.3 is 0 Å². The first-order valence-electron chi connectivity index (χ1n) is 6.88. The maximum atomic E-state index is 5.87. The van der Waals surface area contributed by atoms with Crippen LogP contribution in [-0.2, 0) is 11.2 Å². The number of ether oxygens (including phenoxy) is 2. The molecular weight excluding hydrogens is 316 g/mol. The quantitative estimate of drug-likeness (QED) is 0.835. The van der Waals surface area contributed by atoms with Gasteiger partial charge in [-0.05, 0) is 35.7 Å². The molecule has 1 saturated heterocycles. The minimum Gasteiger partial charge on any atom is -0.488 e. The molecule has 1 heterocycles. The van der Waals surface area contributed by atoms with Crippen LogP contribution in [0, 0.1) is 0 Å². The summed E-state index contributed by atoms with van der Waals surface area (Å²) in [4.78, 5) is 0. The monoisotopic (exact) mass is 332 g/mol. The van der Waals surface area contributed by atoms with Crippen LogP contribution in [0.1, 0.15) is 17.5 Å². The predicted octanol–water partition coefficient (Wildman–Crippen LogP) is 4.21. The van der Waals surface area contributed by atoms with Crippen molar-refractivity contribution < 1.29 is 9.47 Å². The fraction of sp³-hybridized carbons (Fsp3) is 0.294. The average Bonchev–Trinajstić information content (AvgIpc) is 2.96. The largest absolute Gasteiger partial charge is 0.488 e. The summed E-state index contributed by atoms with van der Waals surface area (Å²) in [6.07, 6.45) is 2.12. The SMILES string of the molecule is Brc1ccccc1Cc1ccc(O[C@H]2CCOC2)cc1. The molecule has 0 bridgehead atoms. The van der Waals surface area contributed by atoms with Crippen LogP contribution in [0.5, 0.6) is 5.75 Å². The Bertz CT molecular complexity index is 559. The van der Waals surface area contributed by atoms with E-state index in [-0.39, 0.29) is 6.10 Å². The molecule has 0 aliphatic carbocycles. The molecule has 1 aliphatic rings. The second kappa shape index (κ2) is 6.42. The Morgan fingerprint density at radius 3 is 2.60 bits per heavy atom. The van der Waals surface area contributed by atoms with Crippen molar-refractivity contribution in [3.63, 3.8) is 0 Å². The molecule has 0 amide bonds. The van der Waals surface area contributed by atoms with Crippen molar-refractivity contribution in [1.82, 2.24) is 0 Å². The number of rotatable bonds is 4. The van der Waals surface area contributed by atoms with Gasteiger partial charge in [-0.2, -0.15) is 0 Å². The van der Waals surface area contributed by atoms with E-state index in [1.807, 2.05) is 18.2 Å². The highest BCUT2D eigenvalue weighted by molar-refractivity contribution is 9.10. The summed E-state index contributed by atoms with van der Waals surface area (Å²) in [6, 6.07) is 16.7. The molecular formula is C17H17BrO2. The highest BCUT2D eigenvalue weighted by atomic mass is 79.9. The molecule has 0 saturated carbocycles. The number of halogens is 1. The summed E-state index contributed by atoms with van der Waals surface area (Å²) >= 11 is 3.59. The third-order valence-electron chi connectivity index (χ3n) is 3.47. The molecule has 3 rings (SSSR count). The zero-order chi connectivity index (χ0) is 13.8. The van der Waals surface area contributed by atoms with Crippen molar-refractivity contribution in [3.05, 3.63) is 64.1 Å². The molecule has 2 aromatic carbocycles. The smallest absolute Gasteiger partial charge is 0.124 e. The fourth-order valence-corrected chi connectivity index (χ4v) is 2.77. The van der Waals surface area contributed by atoms with Crippen LogP contribution in [0.15, 0.2) is 53.0 Å². The molecule has 1 fully saturated rings. The van der Waals surface area contributed by atoms with Crippen molar-refractivity contribution in [1.29, 1.82) is 0 Å². The van der Waals surface area contributed by atoms with Gasteiger partial charge in [0.2, 0.25) is 0 Å². The van der Waals surface area contributed by atoms with Crippen LogP contribution < -0.4 is 4.74 Å². The molecule has 3 heteroatoms. The zero-order valence-electron chi connectivity index (χ0n) is 11.2. The van der Waals surface area contributed by atoms with Crippen LogP contribution >= 0.6 is 15.9 Å². The van der Waals surface area contributed by atoms with Crippen LogP contribution in [0.25, 0.3) is 0 Å². The van der Waals surface area contributed by atoms with E-state index in [2.05, 4.69) is 46.3 Å². The first-order valence-corrected chi connectivity index (χ1v) is 7.67. The highest BCUT2D eigenvalue weighted by Gasteiger charge is 2.16. The Morgan fingerprint density at radius 2 is 1.90 bits per heavy atom. The molecule has 20 heavy (non-hydrogen) atoms. The van der Waals surface area contributed by atoms with Crippen molar-refractivity contribution in [2.24, 2.45) is 0 Å². The second-order valence-electron chi connectivity index (χ2n) is 5.02. The Balaban J connectivity index is 1.65. The number of hydrogen-bond donors (Lipinski definition) is 0. The van der Waals surface area contributed by atoms with Gasteiger partial charge in [-0.3, -0.25) is 0 Å². The van der Waals surface area contributed by atoms with Gasteiger partial charge in [0.1, 0.15) is 11.9 Å². The molecule has 2 aromatic rings. The average molecular weight is 333 g/mol. The van der Waals surface area contributed by atoms with Crippen LogP contribution in [0.3, 0.4) is 0 Å². The van der Waals surface area contributed by atoms with Crippen molar-refractivity contribution >= 4 is 15.9 Å². The van der Waals surface area contributed by atoms with E-state index >= 15 is 0 Å². The predicted molar refractivity (Wildman–Crippen MR) is 83.2 cm³/mol. The molecule has 2 nitrogen and oxygen atoms in total. The molecule has 0 aromatic heterocycles. The standard InChI is InChI=1S/C17H17BrO2/c18-17-4-2-1-3-14(17)11-13-5-7-15(8-6-13)20-16-9-10-19-12-16/h1-8,16H,9-12H2/t16-/m0/s1. The van der Waals surface area contributed by atoms with E-state index in [0.717, 1.165) is 29.7 Å².